The topological polar surface area (TPSA) is 72.6 Å². The van der Waals surface area contributed by atoms with Gasteiger partial charge in [0.25, 0.3) is 0 Å². The third-order valence-corrected chi connectivity index (χ3v) is 7.28. The first kappa shape index (κ1) is 22.1. The molecule has 6 heteroatoms. The Labute approximate surface area is 192 Å². The lowest BCUT2D eigenvalue weighted by Gasteiger charge is -2.40. The Morgan fingerprint density at radius 2 is 1.78 bits per heavy atom. The SMILES string of the molecule is COc1cccc(CC(=O)N2CCC(Cc3cccc(-c4cccs4)c3)(C(N)=O)CC2)c1. The van der Waals surface area contributed by atoms with Crippen LogP contribution in [0, 0.1) is 5.41 Å². The lowest BCUT2D eigenvalue weighted by Crippen LogP contribution is -2.50. The number of methoxy groups -OCH3 is 1. The third kappa shape index (κ3) is 4.86. The number of nitrogens with zero attached hydrogens (tertiary/aromatic N) is 1. The van der Waals surface area contributed by atoms with Crippen molar-refractivity contribution in [3.8, 4) is 16.2 Å². The van der Waals surface area contributed by atoms with Gasteiger partial charge in [-0.2, -0.15) is 0 Å². The maximum Gasteiger partial charge on any atom is 0.226 e. The Bertz CT molecular complexity index is 1090. The number of carbonyl (C=O) groups is 2. The zero-order chi connectivity index (χ0) is 22.6. The molecule has 1 aromatic heterocycles. The van der Waals surface area contributed by atoms with Crippen LogP contribution >= 0.6 is 11.3 Å². The molecule has 5 nitrogen and oxygen atoms in total. The number of ether oxygens (including phenoxy) is 1. The summed E-state index contributed by atoms with van der Waals surface area (Å²) in [6.45, 7) is 1.08. The van der Waals surface area contributed by atoms with Crippen molar-refractivity contribution in [3.63, 3.8) is 0 Å². The Kier molecular flexibility index (Phi) is 6.61. The van der Waals surface area contributed by atoms with Crippen molar-refractivity contribution >= 4 is 23.2 Å². The van der Waals surface area contributed by atoms with Crippen molar-refractivity contribution in [2.24, 2.45) is 11.1 Å². The molecule has 0 bridgehead atoms. The van der Waals surface area contributed by atoms with Gasteiger partial charge < -0.3 is 15.4 Å². The van der Waals surface area contributed by atoms with Gasteiger partial charge in [-0.15, -0.1) is 11.3 Å². The third-order valence-electron chi connectivity index (χ3n) is 6.36. The Morgan fingerprint density at radius 1 is 1.03 bits per heavy atom. The number of carbonyl (C=O) groups excluding carboxylic acids is 2. The normalized spacial score (nSPS) is 15.3. The van der Waals surface area contributed by atoms with E-state index in [-0.39, 0.29) is 11.8 Å². The van der Waals surface area contributed by atoms with E-state index in [1.54, 1.807) is 18.4 Å². The number of primary amides is 1. The van der Waals surface area contributed by atoms with Gasteiger partial charge in [0, 0.05) is 18.0 Å². The second-order valence-corrected chi connectivity index (χ2v) is 9.36. The van der Waals surface area contributed by atoms with Crippen molar-refractivity contribution in [2.75, 3.05) is 20.2 Å². The number of amides is 2. The predicted molar refractivity (Wildman–Crippen MR) is 128 cm³/mol. The zero-order valence-electron chi connectivity index (χ0n) is 18.3. The molecular formula is C26H28N2O3S. The standard InChI is InChI=1S/C26H28N2O3S/c1-31-22-8-3-5-19(16-22)17-24(29)28-12-10-26(11-13-28,25(27)30)18-20-6-2-7-21(15-20)23-9-4-14-32-23/h2-9,14-16H,10-13,17-18H2,1H3,(H2,27,30). The molecule has 4 rings (SSSR count). The highest BCUT2D eigenvalue weighted by atomic mass is 32.1. The molecule has 0 unspecified atom stereocenters. The minimum atomic E-state index is -0.624. The number of likely N-dealkylation sites (tertiary alicyclic amines) is 1. The number of benzene rings is 2. The van der Waals surface area contributed by atoms with E-state index >= 15 is 0 Å². The lowest BCUT2D eigenvalue weighted by molar-refractivity contribution is -0.138. The van der Waals surface area contributed by atoms with Crippen LogP contribution in [0.2, 0.25) is 0 Å². The van der Waals surface area contributed by atoms with Crippen LogP contribution in [0.25, 0.3) is 10.4 Å². The molecule has 1 aliphatic heterocycles. The molecule has 2 heterocycles. The summed E-state index contributed by atoms with van der Waals surface area (Å²) in [5.41, 5.74) is 8.46. The van der Waals surface area contributed by atoms with E-state index in [9.17, 15) is 9.59 Å². The highest BCUT2D eigenvalue weighted by Gasteiger charge is 2.41. The summed E-state index contributed by atoms with van der Waals surface area (Å²) in [5, 5.41) is 2.06. The smallest absolute Gasteiger partial charge is 0.226 e. The summed E-state index contributed by atoms with van der Waals surface area (Å²) in [4.78, 5) is 28.4. The number of piperidine rings is 1. The maximum atomic E-state index is 12.9. The van der Waals surface area contributed by atoms with Gasteiger partial charge in [-0.05, 0) is 59.5 Å². The predicted octanol–water partition coefficient (Wildman–Crippen LogP) is 4.30. The first-order valence-electron chi connectivity index (χ1n) is 10.8. The second-order valence-electron chi connectivity index (χ2n) is 8.41. The van der Waals surface area contributed by atoms with Crippen molar-refractivity contribution in [2.45, 2.75) is 25.7 Å². The molecule has 2 N–H and O–H groups in total. The summed E-state index contributed by atoms with van der Waals surface area (Å²) < 4.78 is 5.25. The molecule has 0 saturated carbocycles. The minimum Gasteiger partial charge on any atom is -0.497 e. The highest BCUT2D eigenvalue weighted by molar-refractivity contribution is 7.13. The van der Waals surface area contributed by atoms with Crippen LogP contribution in [0.5, 0.6) is 5.75 Å². The zero-order valence-corrected chi connectivity index (χ0v) is 19.1. The summed E-state index contributed by atoms with van der Waals surface area (Å²) in [7, 11) is 1.62. The van der Waals surface area contributed by atoms with Crippen LogP contribution < -0.4 is 10.5 Å². The number of nitrogens with two attached hydrogens (primary N) is 1. The van der Waals surface area contributed by atoms with Gasteiger partial charge in [-0.1, -0.05) is 42.5 Å². The van der Waals surface area contributed by atoms with Crippen LogP contribution in [-0.2, 0) is 22.4 Å². The molecule has 3 aromatic rings. The Balaban J connectivity index is 1.43. The number of thiophene rings is 1. The number of rotatable bonds is 7. The fraction of sp³-hybridized carbons (Fsp3) is 0.308. The van der Waals surface area contributed by atoms with Gasteiger partial charge in [-0.3, -0.25) is 9.59 Å². The van der Waals surface area contributed by atoms with Gasteiger partial charge in [-0.25, -0.2) is 0 Å². The van der Waals surface area contributed by atoms with Crippen LogP contribution in [0.4, 0.5) is 0 Å². The molecule has 0 radical (unpaired) electrons. The Morgan fingerprint density at radius 3 is 2.47 bits per heavy atom. The number of hydrogen-bond acceptors (Lipinski definition) is 4. The second kappa shape index (κ2) is 9.57. The van der Waals surface area contributed by atoms with E-state index in [1.807, 2.05) is 41.3 Å². The van der Waals surface area contributed by atoms with E-state index < -0.39 is 5.41 Å². The molecule has 0 aliphatic carbocycles. The molecule has 2 aromatic carbocycles. The largest absolute Gasteiger partial charge is 0.497 e. The molecule has 0 atom stereocenters. The van der Waals surface area contributed by atoms with Gasteiger partial charge in [0.2, 0.25) is 11.8 Å². The average molecular weight is 449 g/mol. The molecule has 0 spiro atoms. The van der Waals surface area contributed by atoms with E-state index in [2.05, 4.69) is 29.6 Å². The minimum absolute atomic E-state index is 0.0658. The first-order chi connectivity index (χ1) is 15.5. The van der Waals surface area contributed by atoms with Crippen molar-refractivity contribution in [3.05, 3.63) is 77.2 Å². The average Bonchev–Trinajstić information content (AvgIpc) is 3.35. The Hall–Kier alpha value is -3.12. The van der Waals surface area contributed by atoms with Gasteiger partial charge in [0.15, 0.2) is 0 Å². The van der Waals surface area contributed by atoms with E-state index in [1.165, 1.54) is 4.88 Å². The summed E-state index contributed by atoms with van der Waals surface area (Å²) in [5.74, 6) is 0.529. The molecular weight excluding hydrogens is 420 g/mol. The summed E-state index contributed by atoms with van der Waals surface area (Å²) in [6.07, 6.45) is 2.08. The highest BCUT2D eigenvalue weighted by Crippen LogP contribution is 2.36. The van der Waals surface area contributed by atoms with Gasteiger partial charge >= 0.3 is 0 Å². The van der Waals surface area contributed by atoms with Gasteiger partial charge in [0.1, 0.15) is 5.75 Å². The van der Waals surface area contributed by atoms with E-state index in [0.717, 1.165) is 22.4 Å². The van der Waals surface area contributed by atoms with Crippen LogP contribution in [-0.4, -0.2) is 36.9 Å². The van der Waals surface area contributed by atoms with Crippen molar-refractivity contribution in [1.82, 2.24) is 4.90 Å². The van der Waals surface area contributed by atoms with Crippen LogP contribution in [0.1, 0.15) is 24.0 Å². The molecule has 1 aliphatic rings. The van der Waals surface area contributed by atoms with E-state index in [4.69, 9.17) is 10.5 Å². The fourth-order valence-corrected chi connectivity index (χ4v) is 5.16. The van der Waals surface area contributed by atoms with Crippen LogP contribution in [0.15, 0.2) is 66.0 Å². The first-order valence-corrected chi connectivity index (χ1v) is 11.7. The van der Waals surface area contributed by atoms with Crippen LogP contribution in [0.3, 0.4) is 0 Å². The quantitative estimate of drug-likeness (QED) is 0.586. The molecule has 1 fully saturated rings. The maximum absolute atomic E-state index is 12.9. The molecule has 166 valence electrons. The summed E-state index contributed by atoms with van der Waals surface area (Å²) >= 11 is 1.70. The molecule has 32 heavy (non-hydrogen) atoms. The van der Waals surface area contributed by atoms with Crippen molar-refractivity contribution in [1.29, 1.82) is 0 Å². The van der Waals surface area contributed by atoms with E-state index in [0.29, 0.717) is 38.8 Å². The monoisotopic (exact) mass is 448 g/mol. The van der Waals surface area contributed by atoms with Gasteiger partial charge in [0.05, 0.1) is 18.9 Å². The molecule has 2 amide bonds. The van der Waals surface area contributed by atoms with Crippen molar-refractivity contribution < 1.29 is 14.3 Å². The summed E-state index contributed by atoms with van der Waals surface area (Å²) in [6, 6.07) is 20.0. The molecule has 1 saturated heterocycles. The number of hydrogen-bond donors (Lipinski definition) is 1. The lowest BCUT2D eigenvalue weighted by atomic mass is 9.73. The fourth-order valence-electron chi connectivity index (χ4n) is 4.43.